The van der Waals surface area contributed by atoms with Crippen molar-refractivity contribution in [2.24, 2.45) is 5.41 Å². The van der Waals surface area contributed by atoms with E-state index in [1.807, 2.05) is 37.3 Å². The molecule has 1 rings (SSSR count). The summed E-state index contributed by atoms with van der Waals surface area (Å²) >= 11 is 0. The Morgan fingerprint density at radius 3 is 2.15 bits per heavy atom. The van der Waals surface area contributed by atoms with Gasteiger partial charge in [0.25, 0.3) is 0 Å². The first kappa shape index (κ1) is 22.7. The Morgan fingerprint density at radius 2 is 1.54 bits per heavy atom. The largest absolute Gasteiger partial charge is 0.342 e. The van der Waals surface area contributed by atoms with E-state index in [9.17, 15) is 4.79 Å². The van der Waals surface area contributed by atoms with E-state index >= 15 is 0 Å². The van der Waals surface area contributed by atoms with Crippen molar-refractivity contribution in [2.45, 2.75) is 98.0 Å². The van der Waals surface area contributed by atoms with Crippen molar-refractivity contribution in [3.8, 4) is 0 Å². The highest BCUT2D eigenvalue weighted by Crippen LogP contribution is 2.32. The molecule has 0 heterocycles. The molecule has 0 spiro atoms. The Labute approximate surface area is 160 Å². The van der Waals surface area contributed by atoms with Crippen LogP contribution in [0, 0.1) is 5.41 Å². The van der Waals surface area contributed by atoms with Gasteiger partial charge >= 0.3 is 5.97 Å². The van der Waals surface area contributed by atoms with Gasteiger partial charge in [-0.25, -0.2) is 4.79 Å². The molecule has 0 aliphatic carbocycles. The molecular formula is C23H38O3. The first-order valence-corrected chi connectivity index (χ1v) is 10.2. The third kappa shape index (κ3) is 9.38. The zero-order valence-corrected chi connectivity index (χ0v) is 17.5. The smallest absolute Gasteiger partial charge is 0.297 e. The molecule has 1 aromatic carbocycles. The Kier molecular flexibility index (Phi) is 9.93. The Balaban J connectivity index is 2.44. The zero-order chi connectivity index (χ0) is 19.5. The van der Waals surface area contributed by atoms with Crippen molar-refractivity contribution in [3.05, 3.63) is 35.9 Å². The van der Waals surface area contributed by atoms with E-state index in [4.69, 9.17) is 9.78 Å². The van der Waals surface area contributed by atoms with Gasteiger partial charge in [0.2, 0.25) is 0 Å². The van der Waals surface area contributed by atoms with Gasteiger partial charge in [-0.15, -0.1) is 0 Å². The standard InChI is InChI=1S/C23H38O3/c1-6-7-13-19-23(5,20-15-10-8-11-16-20)26-25-21(24)17-12-9-14-18-22(2,3)4/h8,10-11,15-16H,6-7,9,12-14,17-19H2,1-5H3. The maximum Gasteiger partial charge on any atom is 0.342 e. The van der Waals surface area contributed by atoms with E-state index in [1.54, 1.807) is 0 Å². The van der Waals surface area contributed by atoms with Crippen LogP contribution in [0.3, 0.4) is 0 Å². The number of benzene rings is 1. The van der Waals surface area contributed by atoms with Crippen molar-refractivity contribution in [3.63, 3.8) is 0 Å². The van der Waals surface area contributed by atoms with Crippen LogP contribution in [0.15, 0.2) is 30.3 Å². The van der Waals surface area contributed by atoms with Crippen LogP contribution in [-0.4, -0.2) is 5.97 Å². The van der Waals surface area contributed by atoms with Crippen molar-refractivity contribution < 1.29 is 14.6 Å². The van der Waals surface area contributed by atoms with Crippen LogP contribution in [0.5, 0.6) is 0 Å². The SMILES string of the molecule is CCCCCC(C)(OOC(=O)CCCCCC(C)(C)C)c1ccccc1. The van der Waals surface area contributed by atoms with Gasteiger partial charge in [0.15, 0.2) is 0 Å². The summed E-state index contributed by atoms with van der Waals surface area (Å²) in [5, 5.41) is 0. The lowest BCUT2D eigenvalue weighted by Crippen LogP contribution is -2.27. The molecule has 0 saturated carbocycles. The molecule has 0 N–H and O–H groups in total. The average Bonchev–Trinajstić information content (AvgIpc) is 2.60. The van der Waals surface area contributed by atoms with Gasteiger partial charge in [0.1, 0.15) is 5.60 Å². The molecule has 148 valence electrons. The molecule has 26 heavy (non-hydrogen) atoms. The number of carbonyl (C=O) groups excluding carboxylic acids is 1. The molecule has 0 saturated heterocycles. The molecule has 0 amide bonds. The van der Waals surface area contributed by atoms with E-state index in [0.29, 0.717) is 11.8 Å². The molecule has 0 fully saturated rings. The minimum absolute atomic E-state index is 0.265. The molecule has 1 atom stereocenters. The summed E-state index contributed by atoms with van der Waals surface area (Å²) in [6, 6.07) is 10.0. The lowest BCUT2D eigenvalue weighted by Gasteiger charge is -2.28. The van der Waals surface area contributed by atoms with Crippen LogP contribution in [0.2, 0.25) is 0 Å². The fraction of sp³-hybridized carbons (Fsp3) is 0.696. The van der Waals surface area contributed by atoms with E-state index < -0.39 is 5.60 Å². The number of hydrogen-bond donors (Lipinski definition) is 0. The van der Waals surface area contributed by atoms with E-state index in [1.165, 1.54) is 6.42 Å². The van der Waals surface area contributed by atoms with Crippen molar-refractivity contribution in [1.29, 1.82) is 0 Å². The number of hydrogen-bond acceptors (Lipinski definition) is 3. The molecule has 0 bridgehead atoms. The Hall–Kier alpha value is -1.35. The van der Waals surface area contributed by atoms with E-state index in [0.717, 1.165) is 50.5 Å². The summed E-state index contributed by atoms with van der Waals surface area (Å²) in [6.45, 7) is 10.9. The van der Waals surface area contributed by atoms with Crippen LogP contribution in [0.25, 0.3) is 0 Å². The second-order valence-corrected chi connectivity index (χ2v) is 8.71. The third-order valence-corrected chi connectivity index (χ3v) is 4.77. The van der Waals surface area contributed by atoms with Gasteiger partial charge in [-0.05, 0) is 37.2 Å². The molecular weight excluding hydrogens is 324 g/mol. The highest BCUT2D eigenvalue weighted by Gasteiger charge is 2.30. The highest BCUT2D eigenvalue weighted by molar-refractivity contribution is 5.68. The molecule has 3 nitrogen and oxygen atoms in total. The van der Waals surface area contributed by atoms with Crippen LogP contribution in [0.1, 0.15) is 98.0 Å². The molecule has 1 aromatic rings. The summed E-state index contributed by atoms with van der Waals surface area (Å²) in [7, 11) is 0. The summed E-state index contributed by atoms with van der Waals surface area (Å²) in [5.41, 5.74) is 0.826. The fourth-order valence-electron chi connectivity index (χ4n) is 3.02. The predicted molar refractivity (Wildman–Crippen MR) is 108 cm³/mol. The van der Waals surface area contributed by atoms with Gasteiger partial charge in [-0.2, -0.15) is 4.89 Å². The van der Waals surface area contributed by atoms with Gasteiger partial charge in [0.05, 0.1) is 0 Å². The van der Waals surface area contributed by atoms with Crippen LogP contribution in [0.4, 0.5) is 0 Å². The lowest BCUT2D eigenvalue weighted by atomic mass is 9.89. The Morgan fingerprint density at radius 1 is 0.885 bits per heavy atom. The lowest BCUT2D eigenvalue weighted by molar-refractivity contribution is -0.336. The first-order valence-electron chi connectivity index (χ1n) is 10.2. The summed E-state index contributed by atoms with van der Waals surface area (Å²) in [4.78, 5) is 23.0. The molecule has 1 unspecified atom stereocenters. The van der Waals surface area contributed by atoms with Crippen LogP contribution >= 0.6 is 0 Å². The maximum absolute atomic E-state index is 12.1. The minimum atomic E-state index is -0.585. The van der Waals surface area contributed by atoms with Crippen LogP contribution in [-0.2, 0) is 20.2 Å². The maximum atomic E-state index is 12.1. The summed E-state index contributed by atoms with van der Waals surface area (Å²) < 4.78 is 0. The monoisotopic (exact) mass is 362 g/mol. The summed E-state index contributed by atoms with van der Waals surface area (Å²) in [5.74, 6) is -0.265. The fourth-order valence-corrected chi connectivity index (χ4v) is 3.02. The normalized spacial score (nSPS) is 14.0. The molecule has 0 aromatic heterocycles. The second-order valence-electron chi connectivity index (χ2n) is 8.71. The van der Waals surface area contributed by atoms with Gasteiger partial charge in [-0.3, -0.25) is 4.89 Å². The van der Waals surface area contributed by atoms with Gasteiger partial charge in [-0.1, -0.05) is 90.1 Å². The van der Waals surface area contributed by atoms with Crippen molar-refractivity contribution in [1.82, 2.24) is 0 Å². The number of carbonyl (C=O) groups is 1. The minimum Gasteiger partial charge on any atom is -0.297 e. The molecule has 3 heteroatoms. The molecule has 0 radical (unpaired) electrons. The predicted octanol–water partition coefficient (Wildman–Crippen LogP) is 6.95. The second kappa shape index (κ2) is 11.4. The van der Waals surface area contributed by atoms with Gasteiger partial charge < -0.3 is 0 Å². The Bertz CT molecular complexity index is 504. The highest BCUT2D eigenvalue weighted by atomic mass is 17.2. The first-order chi connectivity index (χ1) is 12.3. The number of unbranched alkanes of at least 4 members (excludes halogenated alkanes) is 4. The molecule has 0 aliphatic heterocycles. The quantitative estimate of drug-likeness (QED) is 0.229. The zero-order valence-electron chi connectivity index (χ0n) is 17.5. The van der Waals surface area contributed by atoms with Crippen molar-refractivity contribution in [2.75, 3.05) is 0 Å². The average molecular weight is 363 g/mol. The van der Waals surface area contributed by atoms with E-state index in [2.05, 4.69) is 27.7 Å². The molecule has 0 aliphatic rings. The topological polar surface area (TPSA) is 35.5 Å². The number of rotatable bonds is 12. The third-order valence-electron chi connectivity index (χ3n) is 4.77. The van der Waals surface area contributed by atoms with Crippen LogP contribution < -0.4 is 0 Å². The van der Waals surface area contributed by atoms with Gasteiger partial charge in [0, 0.05) is 6.42 Å². The van der Waals surface area contributed by atoms with Crippen molar-refractivity contribution >= 4 is 5.97 Å². The summed E-state index contributed by atoms with van der Waals surface area (Å²) in [6.07, 6.45) is 8.85. The van der Waals surface area contributed by atoms with E-state index in [-0.39, 0.29) is 5.97 Å².